The van der Waals surface area contributed by atoms with Gasteiger partial charge in [-0.3, -0.25) is 4.72 Å². The molecule has 0 aliphatic rings. The Morgan fingerprint density at radius 3 is 2.75 bits per heavy atom. The van der Waals surface area contributed by atoms with Gasteiger partial charge in [0.1, 0.15) is 11.3 Å². The van der Waals surface area contributed by atoms with Gasteiger partial charge in [0.15, 0.2) is 0 Å². The third-order valence-corrected chi connectivity index (χ3v) is 6.39. The fourth-order valence-corrected chi connectivity index (χ4v) is 4.20. The number of fused-ring (bicyclic) bond motifs is 1. The molecule has 2 heterocycles. The summed E-state index contributed by atoms with van der Waals surface area (Å²) in [5.41, 5.74) is 2.46. The second-order valence-electron chi connectivity index (χ2n) is 6.74. The van der Waals surface area contributed by atoms with E-state index in [1.54, 1.807) is 36.5 Å². The molecule has 32 heavy (non-hydrogen) atoms. The average Bonchev–Trinajstić information content (AvgIpc) is 3.24. The molecule has 0 saturated carbocycles. The minimum Gasteiger partial charge on any atom is -1.00 e. The number of hydrogen-bond donors (Lipinski definition) is 2. The van der Waals surface area contributed by atoms with Crippen LogP contribution in [0.5, 0.6) is 10.9 Å². The standard InChI is InChI=1S/C21H19N3O5S2.K.H/c1-13-17-7-6-16(28-21-23-8-9-30-21)12-19(17)29-20(25)18(13)11-14-4-3-5-15(10-14)24-31(26,27)22-2;;/h3-10,12,22,24H,11H2,1-2H3;;/q;+1;-1. The molecule has 4 rings (SSSR count). The Hall–Kier alpha value is -1.57. The molecule has 2 aromatic heterocycles. The number of rotatable bonds is 7. The summed E-state index contributed by atoms with van der Waals surface area (Å²) in [5, 5.41) is 3.11. The van der Waals surface area contributed by atoms with E-state index in [0.717, 1.165) is 16.5 Å². The van der Waals surface area contributed by atoms with Crippen molar-refractivity contribution in [2.24, 2.45) is 0 Å². The van der Waals surface area contributed by atoms with Crippen LogP contribution in [0.25, 0.3) is 11.0 Å². The number of anilines is 1. The first-order valence-corrected chi connectivity index (χ1v) is 11.6. The van der Waals surface area contributed by atoms with Gasteiger partial charge in [0.05, 0.1) is 5.69 Å². The van der Waals surface area contributed by atoms with Gasteiger partial charge in [-0.25, -0.2) is 14.5 Å². The molecule has 0 amide bonds. The summed E-state index contributed by atoms with van der Waals surface area (Å²) >= 11 is 1.37. The van der Waals surface area contributed by atoms with Gasteiger partial charge < -0.3 is 10.6 Å². The molecule has 8 nitrogen and oxygen atoms in total. The van der Waals surface area contributed by atoms with Crippen LogP contribution < -0.4 is 71.2 Å². The quantitative estimate of drug-likeness (QED) is 0.290. The Morgan fingerprint density at radius 1 is 1.22 bits per heavy atom. The van der Waals surface area contributed by atoms with Gasteiger partial charge in [-0.15, -0.1) is 0 Å². The van der Waals surface area contributed by atoms with Crippen molar-refractivity contribution < 1.29 is 70.4 Å². The van der Waals surface area contributed by atoms with Gasteiger partial charge in [-0.05, 0) is 42.3 Å². The van der Waals surface area contributed by atoms with Gasteiger partial charge in [0, 0.05) is 42.1 Å². The molecule has 2 N–H and O–H groups in total. The number of benzene rings is 2. The smallest absolute Gasteiger partial charge is 1.00 e. The largest absolute Gasteiger partial charge is 1.00 e. The topological polar surface area (TPSA) is 111 Å². The zero-order valence-corrected chi connectivity index (χ0v) is 22.5. The summed E-state index contributed by atoms with van der Waals surface area (Å²) in [7, 11) is -2.30. The first-order valence-electron chi connectivity index (χ1n) is 9.28. The van der Waals surface area contributed by atoms with Crippen LogP contribution in [0.1, 0.15) is 18.1 Å². The Bertz CT molecular complexity index is 1410. The Labute approximate surface area is 233 Å². The second-order valence-corrected chi connectivity index (χ2v) is 9.21. The van der Waals surface area contributed by atoms with E-state index >= 15 is 0 Å². The SMILES string of the molecule is CNS(=O)(=O)Nc1cccc(Cc2c(C)c3ccc(Oc4nccs4)cc3oc2=O)c1.[H-].[K+]. The summed E-state index contributed by atoms with van der Waals surface area (Å²) in [6.45, 7) is 1.86. The van der Waals surface area contributed by atoms with Crippen LogP contribution in [0.3, 0.4) is 0 Å². The van der Waals surface area contributed by atoms with Crippen LogP contribution in [-0.2, 0) is 16.6 Å². The first-order chi connectivity index (χ1) is 14.8. The monoisotopic (exact) mass is 497 g/mol. The number of nitrogens with zero attached hydrogens (tertiary/aromatic N) is 1. The third-order valence-electron chi connectivity index (χ3n) is 4.70. The maximum atomic E-state index is 12.7. The number of thiazole rings is 1. The molecular weight excluding hydrogens is 477 g/mol. The van der Waals surface area contributed by atoms with Crippen molar-refractivity contribution >= 4 is 38.2 Å². The van der Waals surface area contributed by atoms with Gasteiger partial charge in [-0.1, -0.05) is 23.5 Å². The molecule has 0 spiro atoms. The number of nitrogens with one attached hydrogen (secondary N) is 2. The summed E-state index contributed by atoms with van der Waals surface area (Å²) in [4.78, 5) is 16.8. The van der Waals surface area contributed by atoms with E-state index in [-0.39, 0.29) is 52.8 Å². The Morgan fingerprint density at radius 2 is 2.03 bits per heavy atom. The molecule has 2 aromatic carbocycles. The van der Waals surface area contributed by atoms with Gasteiger partial charge >= 0.3 is 57.0 Å². The molecule has 0 aliphatic heterocycles. The molecular formula is C21H20KN3O5S2. The molecule has 0 aliphatic carbocycles. The molecule has 0 bridgehead atoms. The minimum atomic E-state index is -3.63. The maximum Gasteiger partial charge on any atom is 1.00 e. The predicted octanol–water partition coefficient (Wildman–Crippen LogP) is 0.934. The summed E-state index contributed by atoms with van der Waals surface area (Å²) in [5.74, 6) is 0.530. The van der Waals surface area contributed by atoms with Crippen molar-refractivity contribution in [2.75, 3.05) is 11.8 Å². The number of aryl methyl sites for hydroxylation is 1. The first kappa shape index (κ1) is 25.1. The van der Waals surface area contributed by atoms with Crippen LogP contribution in [0.15, 0.2) is 63.3 Å². The van der Waals surface area contributed by atoms with Gasteiger partial charge in [0.2, 0.25) is 0 Å². The normalized spacial score (nSPS) is 11.2. The molecule has 0 radical (unpaired) electrons. The van der Waals surface area contributed by atoms with Gasteiger partial charge in [0.25, 0.3) is 15.4 Å². The second kappa shape index (κ2) is 10.6. The summed E-state index contributed by atoms with van der Waals surface area (Å²) in [6, 6.07) is 12.2. The molecule has 0 atom stereocenters. The molecule has 4 aromatic rings. The fourth-order valence-electron chi connectivity index (χ4n) is 3.16. The average molecular weight is 498 g/mol. The maximum absolute atomic E-state index is 12.7. The molecule has 162 valence electrons. The fraction of sp³-hybridized carbons (Fsp3) is 0.143. The molecule has 0 fully saturated rings. The van der Waals surface area contributed by atoms with Crippen LogP contribution >= 0.6 is 11.3 Å². The van der Waals surface area contributed by atoms with E-state index in [2.05, 4.69) is 14.4 Å². The van der Waals surface area contributed by atoms with E-state index in [1.165, 1.54) is 18.4 Å². The number of aromatic nitrogens is 1. The molecule has 11 heteroatoms. The van der Waals surface area contributed by atoms with Crippen molar-refractivity contribution in [3.8, 4) is 10.9 Å². The van der Waals surface area contributed by atoms with Crippen molar-refractivity contribution in [3.63, 3.8) is 0 Å². The predicted molar refractivity (Wildman–Crippen MR) is 121 cm³/mol. The molecule has 0 unspecified atom stereocenters. The number of ether oxygens (including phenoxy) is 1. The van der Waals surface area contributed by atoms with E-state index in [4.69, 9.17) is 9.15 Å². The summed E-state index contributed by atoms with van der Waals surface area (Å²) < 4.78 is 39.3. The third kappa shape index (κ3) is 5.86. The van der Waals surface area contributed by atoms with Crippen molar-refractivity contribution in [3.05, 3.63) is 81.2 Å². The van der Waals surface area contributed by atoms with Crippen molar-refractivity contribution in [1.29, 1.82) is 0 Å². The van der Waals surface area contributed by atoms with Gasteiger partial charge in [-0.2, -0.15) is 8.42 Å². The van der Waals surface area contributed by atoms with E-state index in [0.29, 0.717) is 34.2 Å². The van der Waals surface area contributed by atoms with Crippen molar-refractivity contribution in [1.82, 2.24) is 9.71 Å². The minimum absolute atomic E-state index is 0. The van der Waals surface area contributed by atoms with Crippen LogP contribution in [0, 0.1) is 6.92 Å². The number of hydrogen-bond acceptors (Lipinski definition) is 7. The Balaban J connectivity index is 0.00000193. The van der Waals surface area contributed by atoms with Crippen LogP contribution in [0.4, 0.5) is 5.69 Å². The van der Waals surface area contributed by atoms with E-state index in [9.17, 15) is 13.2 Å². The molecule has 0 saturated heterocycles. The summed E-state index contributed by atoms with van der Waals surface area (Å²) in [6.07, 6.45) is 1.95. The van der Waals surface area contributed by atoms with Crippen molar-refractivity contribution in [2.45, 2.75) is 13.3 Å². The van der Waals surface area contributed by atoms with E-state index in [1.807, 2.05) is 24.4 Å². The van der Waals surface area contributed by atoms with E-state index < -0.39 is 15.8 Å². The van der Waals surface area contributed by atoms with Crippen LogP contribution in [-0.4, -0.2) is 20.4 Å². The zero-order valence-electron chi connectivity index (χ0n) is 18.7. The van der Waals surface area contributed by atoms with Crippen LogP contribution in [0.2, 0.25) is 0 Å². The Kier molecular flexibility index (Phi) is 8.28. The zero-order chi connectivity index (χ0) is 22.0.